The number of nitrogens with two attached hydrogens (primary N) is 2. The lowest BCUT2D eigenvalue weighted by atomic mass is 10.0. The van der Waals surface area contributed by atoms with Gasteiger partial charge >= 0.3 is 5.97 Å². The van der Waals surface area contributed by atoms with E-state index in [1.807, 2.05) is 13.8 Å². The van der Waals surface area contributed by atoms with Gasteiger partial charge in [-0.05, 0) is 31.7 Å². The van der Waals surface area contributed by atoms with Crippen LogP contribution in [0.15, 0.2) is 0 Å². The average Bonchev–Trinajstić information content (AvgIpc) is 2.23. The predicted molar refractivity (Wildman–Crippen MR) is 65.3 cm³/mol. The SMILES string of the molecule is CC(C)C[C@@H](NC(=O)[C@H](N)CCCN)C(=O)O. The van der Waals surface area contributed by atoms with Gasteiger partial charge in [-0.15, -0.1) is 0 Å². The molecule has 0 fully saturated rings. The van der Waals surface area contributed by atoms with Gasteiger partial charge in [0.05, 0.1) is 6.04 Å². The van der Waals surface area contributed by atoms with E-state index in [-0.39, 0.29) is 5.92 Å². The van der Waals surface area contributed by atoms with Crippen LogP contribution in [0, 0.1) is 5.92 Å². The standard InChI is InChI=1S/C11H23N3O3/c1-7(2)6-9(11(16)17)14-10(15)8(13)4-3-5-12/h7-9H,3-6,12-13H2,1-2H3,(H,14,15)(H,16,17)/t8-,9-/m1/s1. The van der Waals surface area contributed by atoms with Crippen LogP contribution in [-0.2, 0) is 9.59 Å². The van der Waals surface area contributed by atoms with E-state index in [2.05, 4.69) is 5.32 Å². The van der Waals surface area contributed by atoms with Crippen LogP contribution in [-0.4, -0.2) is 35.6 Å². The van der Waals surface area contributed by atoms with Crippen molar-refractivity contribution in [2.45, 2.75) is 45.2 Å². The van der Waals surface area contributed by atoms with Crippen molar-refractivity contribution in [3.05, 3.63) is 0 Å². The predicted octanol–water partition coefficient (Wildman–Crippen LogP) is -0.332. The molecule has 0 aliphatic heterocycles. The van der Waals surface area contributed by atoms with Gasteiger partial charge in [-0.25, -0.2) is 4.79 Å². The van der Waals surface area contributed by atoms with Gasteiger partial charge in [-0.2, -0.15) is 0 Å². The molecule has 0 saturated carbocycles. The van der Waals surface area contributed by atoms with Gasteiger partial charge in [0.2, 0.25) is 5.91 Å². The number of hydrogen-bond donors (Lipinski definition) is 4. The number of hydrogen-bond acceptors (Lipinski definition) is 4. The summed E-state index contributed by atoms with van der Waals surface area (Å²) in [6, 6.07) is -1.56. The van der Waals surface area contributed by atoms with Crippen LogP contribution in [0.25, 0.3) is 0 Å². The Hall–Kier alpha value is -1.14. The summed E-state index contributed by atoms with van der Waals surface area (Å²) < 4.78 is 0. The molecule has 0 bridgehead atoms. The molecule has 0 heterocycles. The third-order valence-electron chi connectivity index (χ3n) is 2.38. The lowest BCUT2D eigenvalue weighted by Crippen LogP contribution is -2.48. The van der Waals surface area contributed by atoms with Crippen LogP contribution < -0.4 is 16.8 Å². The molecule has 0 aromatic heterocycles. The summed E-state index contributed by atoms with van der Waals surface area (Å²) in [6.07, 6.45) is 1.51. The van der Waals surface area contributed by atoms with E-state index in [1.54, 1.807) is 0 Å². The van der Waals surface area contributed by atoms with Gasteiger partial charge in [0.15, 0.2) is 0 Å². The molecule has 0 unspecified atom stereocenters. The lowest BCUT2D eigenvalue weighted by molar-refractivity contribution is -0.142. The molecule has 6 nitrogen and oxygen atoms in total. The first-order chi connectivity index (χ1) is 7.88. The number of carbonyl (C=O) groups is 2. The van der Waals surface area contributed by atoms with Crippen molar-refractivity contribution in [1.82, 2.24) is 5.32 Å². The molecular weight excluding hydrogens is 222 g/mol. The molecule has 0 saturated heterocycles. The third kappa shape index (κ3) is 6.91. The summed E-state index contributed by atoms with van der Waals surface area (Å²) >= 11 is 0. The van der Waals surface area contributed by atoms with Gasteiger partial charge in [0.1, 0.15) is 6.04 Å². The summed E-state index contributed by atoms with van der Waals surface area (Å²) in [6.45, 7) is 4.27. The normalized spacial score (nSPS) is 14.4. The minimum atomic E-state index is -1.03. The zero-order valence-corrected chi connectivity index (χ0v) is 10.5. The highest BCUT2D eigenvalue weighted by atomic mass is 16.4. The molecule has 17 heavy (non-hydrogen) atoms. The molecule has 0 radical (unpaired) electrons. The Morgan fingerprint density at radius 1 is 1.35 bits per heavy atom. The second-order valence-corrected chi connectivity index (χ2v) is 4.57. The number of carboxylic acid groups (broad SMARTS) is 1. The Bertz CT molecular complexity index is 256. The van der Waals surface area contributed by atoms with Crippen molar-refractivity contribution in [2.24, 2.45) is 17.4 Å². The average molecular weight is 245 g/mol. The fourth-order valence-corrected chi connectivity index (χ4v) is 1.44. The minimum Gasteiger partial charge on any atom is -0.480 e. The van der Waals surface area contributed by atoms with E-state index in [1.165, 1.54) is 0 Å². The molecular formula is C11H23N3O3. The highest BCUT2D eigenvalue weighted by Gasteiger charge is 2.23. The fourth-order valence-electron chi connectivity index (χ4n) is 1.44. The van der Waals surface area contributed by atoms with Crippen LogP contribution in [0.1, 0.15) is 33.1 Å². The smallest absolute Gasteiger partial charge is 0.326 e. The summed E-state index contributed by atoms with van der Waals surface area (Å²) in [4.78, 5) is 22.5. The van der Waals surface area contributed by atoms with Gasteiger partial charge in [0, 0.05) is 0 Å². The van der Waals surface area contributed by atoms with Crippen LogP contribution in [0.5, 0.6) is 0 Å². The van der Waals surface area contributed by atoms with E-state index in [0.29, 0.717) is 25.8 Å². The van der Waals surface area contributed by atoms with Crippen molar-refractivity contribution in [3.63, 3.8) is 0 Å². The summed E-state index contributed by atoms with van der Waals surface area (Å²) in [5.41, 5.74) is 10.9. The van der Waals surface area contributed by atoms with Crippen molar-refractivity contribution >= 4 is 11.9 Å². The minimum absolute atomic E-state index is 0.191. The Labute approximate surface area is 102 Å². The zero-order chi connectivity index (χ0) is 13.4. The third-order valence-corrected chi connectivity index (χ3v) is 2.38. The molecule has 0 spiro atoms. The van der Waals surface area contributed by atoms with Gasteiger partial charge in [-0.1, -0.05) is 13.8 Å². The zero-order valence-electron chi connectivity index (χ0n) is 10.5. The Balaban J connectivity index is 4.25. The molecule has 6 N–H and O–H groups in total. The Morgan fingerprint density at radius 2 is 1.94 bits per heavy atom. The van der Waals surface area contributed by atoms with Crippen LogP contribution in [0.2, 0.25) is 0 Å². The quantitative estimate of drug-likeness (QED) is 0.467. The molecule has 0 rings (SSSR count). The first-order valence-electron chi connectivity index (χ1n) is 5.87. The van der Waals surface area contributed by atoms with Gasteiger partial charge < -0.3 is 21.9 Å². The number of rotatable bonds is 8. The first-order valence-corrected chi connectivity index (χ1v) is 5.87. The highest BCUT2D eigenvalue weighted by Crippen LogP contribution is 2.05. The second kappa shape index (κ2) is 8.03. The molecule has 1 amide bonds. The van der Waals surface area contributed by atoms with E-state index in [9.17, 15) is 9.59 Å². The summed E-state index contributed by atoms with van der Waals surface area (Å²) in [7, 11) is 0. The number of amides is 1. The second-order valence-electron chi connectivity index (χ2n) is 4.57. The highest BCUT2D eigenvalue weighted by molar-refractivity contribution is 5.86. The lowest BCUT2D eigenvalue weighted by Gasteiger charge is -2.19. The molecule has 2 atom stereocenters. The Kier molecular flexibility index (Phi) is 7.49. The van der Waals surface area contributed by atoms with Crippen LogP contribution in [0.3, 0.4) is 0 Å². The molecule has 0 aliphatic carbocycles. The number of carboxylic acids is 1. The molecule has 6 heteroatoms. The summed E-state index contributed by atoms with van der Waals surface area (Å²) in [5.74, 6) is -1.26. The maximum Gasteiger partial charge on any atom is 0.326 e. The van der Waals surface area contributed by atoms with Crippen LogP contribution in [0.4, 0.5) is 0 Å². The maximum absolute atomic E-state index is 11.6. The van der Waals surface area contributed by atoms with Crippen LogP contribution >= 0.6 is 0 Å². The van der Waals surface area contributed by atoms with Crippen molar-refractivity contribution in [3.8, 4) is 0 Å². The van der Waals surface area contributed by atoms with E-state index < -0.39 is 24.0 Å². The molecule has 100 valence electrons. The number of aliphatic carboxylic acids is 1. The largest absolute Gasteiger partial charge is 0.480 e. The molecule has 0 aromatic carbocycles. The topological polar surface area (TPSA) is 118 Å². The fraction of sp³-hybridized carbons (Fsp3) is 0.818. The van der Waals surface area contributed by atoms with E-state index in [4.69, 9.17) is 16.6 Å². The number of nitrogens with one attached hydrogen (secondary N) is 1. The Morgan fingerprint density at radius 3 is 2.35 bits per heavy atom. The van der Waals surface area contributed by atoms with Crippen molar-refractivity contribution in [2.75, 3.05) is 6.54 Å². The van der Waals surface area contributed by atoms with Gasteiger partial charge in [-0.3, -0.25) is 4.79 Å². The maximum atomic E-state index is 11.6. The number of carbonyl (C=O) groups excluding carboxylic acids is 1. The van der Waals surface area contributed by atoms with Crippen molar-refractivity contribution in [1.29, 1.82) is 0 Å². The first kappa shape index (κ1) is 15.9. The van der Waals surface area contributed by atoms with Gasteiger partial charge in [0.25, 0.3) is 0 Å². The van der Waals surface area contributed by atoms with E-state index >= 15 is 0 Å². The summed E-state index contributed by atoms with van der Waals surface area (Å²) in [5, 5.41) is 11.4. The van der Waals surface area contributed by atoms with E-state index in [0.717, 1.165) is 0 Å². The molecule has 0 aromatic rings. The van der Waals surface area contributed by atoms with Crippen molar-refractivity contribution < 1.29 is 14.7 Å². The monoisotopic (exact) mass is 245 g/mol. The molecule has 0 aliphatic rings.